The van der Waals surface area contributed by atoms with Crippen LogP contribution in [0.5, 0.6) is 0 Å². The lowest BCUT2D eigenvalue weighted by Gasteiger charge is -2.29. The van der Waals surface area contributed by atoms with Gasteiger partial charge in [0.05, 0.1) is 6.42 Å². The zero-order valence-electron chi connectivity index (χ0n) is 13.1. The summed E-state index contributed by atoms with van der Waals surface area (Å²) in [5.74, 6) is -0.883. The van der Waals surface area contributed by atoms with E-state index in [1.807, 2.05) is 20.8 Å². The van der Waals surface area contributed by atoms with E-state index in [2.05, 4.69) is 17.6 Å². The quantitative estimate of drug-likeness (QED) is 0.726. The SMILES string of the molecule is CC(C)(C)CC(CC(=O)O)NC(=O)NC1(C)CCCC1. The summed E-state index contributed by atoms with van der Waals surface area (Å²) >= 11 is 0. The molecule has 1 aliphatic rings. The average molecular weight is 284 g/mol. The van der Waals surface area contributed by atoms with Gasteiger partial charge in [0.15, 0.2) is 0 Å². The lowest BCUT2D eigenvalue weighted by Crippen LogP contribution is -2.52. The van der Waals surface area contributed by atoms with Gasteiger partial charge in [-0.3, -0.25) is 4.79 Å². The van der Waals surface area contributed by atoms with Crippen molar-refractivity contribution in [3.05, 3.63) is 0 Å². The molecular formula is C15H28N2O3. The van der Waals surface area contributed by atoms with Gasteiger partial charge in [0, 0.05) is 11.6 Å². The molecule has 0 aromatic heterocycles. The standard InChI is InChI=1S/C15H28N2O3/c1-14(2,3)10-11(9-12(18)19)16-13(20)17-15(4)7-5-6-8-15/h11H,5-10H2,1-4H3,(H,18,19)(H2,16,17,20). The van der Waals surface area contributed by atoms with Crippen molar-refractivity contribution in [2.45, 2.75) is 77.8 Å². The maximum Gasteiger partial charge on any atom is 0.315 e. The summed E-state index contributed by atoms with van der Waals surface area (Å²) in [5.41, 5.74) is -0.162. The molecule has 0 aromatic rings. The van der Waals surface area contributed by atoms with E-state index in [1.54, 1.807) is 0 Å². The number of amides is 2. The van der Waals surface area contributed by atoms with Crippen LogP contribution in [0.2, 0.25) is 0 Å². The Bertz CT molecular complexity index is 355. The molecular weight excluding hydrogens is 256 g/mol. The molecule has 20 heavy (non-hydrogen) atoms. The molecule has 0 radical (unpaired) electrons. The molecule has 116 valence electrons. The lowest BCUT2D eigenvalue weighted by molar-refractivity contribution is -0.137. The molecule has 5 nitrogen and oxygen atoms in total. The number of hydrogen-bond donors (Lipinski definition) is 3. The highest BCUT2D eigenvalue weighted by atomic mass is 16.4. The van der Waals surface area contributed by atoms with E-state index in [1.165, 1.54) is 0 Å². The smallest absolute Gasteiger partial charge is 0.315 e. The maximum absolute atomic E-state index is 12.1. The second kappa shape index (κ2) is 6.46. The molecule has 2 amide bonds. The largest absolute Gasteiger partial charge is 0.481 e. The third-order valence-electron chi connectivity index (χ3n) is 3.74. The maximum atomic E-state index is 12.1. The minimum atomic E-state index is -0.883. The molecule has 1 atom stereocenters. The van der Waals surface area contributed by atoms with Crippen LogP contribution in [0.4, 0.5) is 4.79 Å². The number of rotatable bonds is 5. The number of carbonyl (C=O) groups excluding carboxylic acids is 1. The van der Waals surface area contributed by atoms with E-state index in [4.69, 9.17) is 5.11 Å². The highest BCUT2D eigenvalue weighted by molar-refractivity contribution is 5.76. The van der Waals surface area contributed by atoms with Crippen molar-refractivity contribution in [1.82, 2.24) is 10.6 Å². The van der Waals surface area contributed by atoms with Gasteiger partial charge >= 0.3 is 12.0 Å². The van der Waals surface area contributed by atoms with Crippen LogP contribution in [0.25, 0.3) is 0 Å². The molecule has 1 rings (SSSR count). The number of carbonyl (C=O) groups is 2. The third kappa shape index (κ3) is 6.26. The van der Waals surface area contributed by atoms with Gasteiger partial charge in [0.1, 0.15) is 0 Å². The Labute approximate surface area is 121 Å². The first-order valence-corrected chi connectivity index (χ1v) is 7.40. The predicted molar refractivity (Wildman–Crippen MR) is 78.7 cm³/mol. The minimum Gasteiger partial charge on any atom is -0.481 e. The van der Waals surface area contributed by atoms with Gasteiger partial charge in [-0.2, -0.15) is 0 Å². The Morgan fingerprint density at radius 1 is 1.25 bits per heavy atom. The molecule has 0 spiro atoms. The fourth-order valence-corrected chi connectivity index (χ4v) is 2.90. The first-order chi connectivity index (χ1) is 9.10. The number of carboxylic acid groups (broad SMARTS) is 1. The molecule has 5 heteroatoms. The van der Waals surface area contributed by atoms with E-state index >= 15 is 0 Å². The molecule has 1 unspecified atom stereocenters. The van der Waals surface area contributed by atoms with Crippen LogP contribution >= 0.6 is 0 Å². The molecule has 1 aliphatic carbocycles. The minimum absolute atomic E-state index is 0.0232. The van der Waals surface area contributed by atoms with E-state index in [0.717, 1.165) is 25.7 Å². The van der Waals surface area contributed by atoms with E-state index in [9.17, 15) is 9.59 Å². The number of carboxylic acids is 1. The van der Waals surface area contributed by atoms with Crippen molar-refractivity contribution in [3.8, 4) is 0 Å². The second-order valence-electron chi connectivity index (χ2n) is 7.43. The van der Waals surface area contributed by atoms with Crippen molar-refractivity contribution >= 4 is 12.0 Å². The molecule has 0 aromatic carbocycles. The van der Waals surface area contributed by atoms with Gasteiger partial charge in [0.2, 0.25) is 0 Å². The zero-order valence-corrected chi connectivity index (χ0v) is 13.1. The first-order valence-electron chi connectivity index (χ1n) is 7.40. The van der Waals surface area contributed by atoms with E-state index in [0.29, 0.717) is 6.42 Å². The Morgan fingerprint density at radius 2 is 1.80 bits per heavy atom. The highest BCUT2D eigenvalue weighted by Gasteiger charge is 2.31. The summed E-state index contributed by atoms with van der Waals surface area (Å²) in [4.78, 5) is 23.0. The molecule has 3 N–H and O–H groups in total. The van der Waals surface area contributed by atoms with Crippen molar-refractivity contribution in [2.24, 2.45) is 5.41 Å². The topological polar surface area (TPSA) is 78.4 Å². The third-order valence-corrected chi connectivity index (χ3v) is 3.74. The first kappa shape index (κ1) is 16.8. The number of urea groups is 1. The van der Waals surface area contributed by atoms with Crippen LogP contribution in [-0.4, -0.2) is 28.7 Å². The number of aliphatic carboxylic acids is 1. The molecule has 0 heterocycles. The molecule has 0 bridgehead atoms. The highest BCUT2D eigenvalue weighted by Crippen LogP contribution is 2.29. The normalized spacial score (nSPS) is 19.4. The van der Waals surface area contributed by atoms with E-state index in [-0.39, 0.29) is 29.4 Å². The monoisotopic (exact) mass is 284 g/mol. The summed E-state index contributed by atoms with van der Waals surface area (Å²) in [7, 11) is 0. The Morgan fingerprint density at radius 3 is 2.25 bits per heavy atom. The van der Waals surface area contributed by atoms with Crippen molar-refractivity contribution in [2.75, 3.05) is 0 Å². The summed E-state index contributed by atoms with van der Waals surface area (Å²) < 4.78 is 0. The van der Waals surface area contributed by atoms with Gasteiger partial charge in [-0.05, 0) is 31.6 Å². The van der Waals surface area contributed by atoms with Gasteiger partial charge in [0.25, 0.3) is 0 Å². The van der Waals surface area contributed by atoms with E-state index < -0.39 is 5.97 Å². The zero-order chi connectivity index (χ0) is 15.4. The van der Waals surface area contributed by atoms with Crippen molar-refractivity contribution in [3.63, 3.8) is 0 Å². The van der Waals surface area contributed by atoms with Crippen LogP contribution in [0, 0.1) is 5.41 Å². The predicted octanol–water partition coefficient (Wildman–Crippen LogP) is 2.90. The van der Waals surface area contributed by atoms with Gasteiger partial charge < -0.3 is 15.7 Å². The van der Waals surface area contributed by atoms with Gasteiger partial charge in [-0.25, -0.2) is 4.79 Å². The van der Waals surface area contributed by atoms with Crippen LogP contribution < -0.4 is 10.6 Å². The summed E-state index contributed by atoms with van der Waals surface area (Å²) in [6.45, 7) is 8.18. The van der Waals surface area contributed by atoms with Gasteiger partial charge in [-0.15, -0.1) is 0 Å². The summed E-state index contributed by atoms with van der Waals surface area (Å²) in [6, 6.07) is -0.581. The molecule has 1 fully saturated rings. The molecule has 0 aliphatic heterocycles. The van der Waals surface area contributed by atoms with Crippen LogP contribution in [0.3, 0.4) is 0 Å². The van der Waals surface area contributed by atoms with Crippen molar-refractivity contribution in [1.29, 1.82) is 0 Å². The number of hydrogen-bond acceptors (Lipinski definition) is 2. The fourth-order valence-electron chi connectivity index (χ4n) is 2.90. The van der Waals surface area contributed by atoms with Crippen LogP contribution in [0.1, 0.15) is 66.2 Å². The average Bonchev–Trinajstić information content (AvgIpc) is 2.59. The molecule has 0 saturated heterocycles. The lowest BCUT2D eigenvalue weighted by atomic mass is 9.87. The Kier molecular flexibility index (Phi) is 5.42. The molecule has 1 saturated carbocycles. The fraction of sp³-hybridized carbons (Fsp3) is 0.867. The Balaban J connectivity index is 2.54. The second-order valence-corrected chi connectivity index (χ2v) is 7.43. The summed E-state index contributed by atoms with van der Waals surface area (Å²) in [6.07, 6.45) is 4.85. The Hall–Kier alpha value is -1.26. The summed E-state index contributed by atoms with van der Waals surface area (Å²) in [5, 5.41) is 14.8. The number of nitrogens with one attached hydrogen (secondary N) is 2. The van der Waals surface area contributed by atoms with Crippen LogP contribution in [0.15, 0.2) is 0 Å². The van der Waals surface area contributed by atoms with Crippen molar-refractivity contribution < 1.29 is 14.7 Å². The van der Waals surface area contributed by atoms with Crippen LogP contribution in [-0.2, 0) is 4.79 Å². The van der Waals surface area contributed by atoms with Gasteiger partial charge in [-0.1, -0.05) is 33.6 Å².